The molecule has 2 amide bonds. The topological polar surface area (TPSA) is 104 Å². The molecule has 4 aromatic rings. The van der Waals surface area contributed by atoms with Gasteiger partial charge in [0, 0.05) is 12.1 Å². The number of carbonyl (C=O) groups excluding carboxylic acids is 2. The van der Waals surface area contributed by atoms with Gasteiger partial charge in [-0.3, -0.25) is 9.59 Å². The monoisotopic (exact) mass is 610 g/mol. The van der Waals surface area contributed by atoms with E-state index in [1.165, 1.54) is 0 Å². The van der Waals surface area contributed by atoms with E-state index < -0.39 is 5.91 Å². The molecular weight excluding hydrogens is 572 g/mol. The SMILES string of the molecule is COc1ccc(CCNC(=O)/C(=C\c2ccc(OCCOc3ccccc3OC)cc2)NC(=O)c2ccc(C)cc2)cc1OC. The molecule has 4 aromatic carbocycles. The highest BCUT2D eigenvalue weighted by Gasteiger charge is 2.15. The normalized spacial score (nSPS) is 10.9. The maximum absolute atomic E-state index is 13.3. The third kappa shape index (κ3) is 9.53. The van der Waals surface area contributed by atoms with Crippen LogP contribution in [-0.2, 0) is 11.2 Å². The lowest BCUT2D eigenvalue weighted by Crippen LogP contribution is -2.35. The van der Waals surface area contributed by atoms with Gasteiger partial charge in [-0.1, -0.05) is 48.0 Å². The number of aryl methyl sites for hydroxylation is 1. The van der Waals surface area contributed by atoms with E-state index in [4.69, 9.17) is 23.7 Å². The first-order chi connectivity index (χ1) is 21.9. The van der Waals surface area contributed by atoms with E-state index in [9.17, 15) is 9.59 Å². The van der Waals surface area contributed by atoms with E-state index >= 15 is 0 Å². The molecule has 0 radical (unpaired) electrons. The molecule has 0 aliphatic rings. The average molecular weight is 611 g/mol. The largest absolute Gasteiger partial charge is 0.493 e. The summed E-state index contributed by atoms with van der Waals surface area (Å²) in [6.45, 7) is 2.95. The van der Waals surface area contributed by atoms with Gasteiger partial charge in [0.1, 0.15) is 24.7 Å². The van der Waals surface area contributed by atoms with E-state index in [-0.39, 0.29) is 11.6 Å². The lowest BCUT2D eigenvalue weighted by atomic mass is 10.1. The van der Waals surface area contributed by atoms with E-state index in [1.54, 1.807) is 51.7 Å². The van der Waals surface area contributed by atoms with Crippen molar-refractivity contribution in [2.75, 3.05) is 41.1 Å². The summed E-state index contributed by atoms with van der Waals surface area (Å²) in [5.74, 6) is 2.39. The van der Waals surface area contributed by atoms with Crippen molar-refractivity contribution in [1.29, 1.82) is 0 Å². The van der Waals surface area contributed by atoms with E-state index in [0.29, 0.717) is 66.1 Å². The Morgan fingerprint density at radius 3 is 2.04 bits per heavy atom. The zero-order chi connectivity index (χ0) is 32.0. The highest BCUT2D eigenvalue weighted by molar-refractivity contribution is 6.05. The van der Waals surface area contributed by atoms with Crippen molar-refractivity contribution in [2.24, 2.45) is 0 Å². The number of carbonyl (C=O) groups is 2. The van der Waals surface area contributed by atoms with Crippen LogP contribution in [0.4, 0.5) is 0 Å². The van der Waals surface area contributed by atoms with Crippen molar-refractivity contribution in [1.82, 2.24) is 10.6 Å². The molecule has 0 bridgehead atoms. The minimum Gasteiger partial charge on any atom is -0.493 e. The molecule has 0 saturated heterocycles. The summed E-state index contributed by atoms with van der Waals surface area (Å²) >= 11 is 0. The van der Waals surface area contributed by atoms with Crippen LogP contribution in [0.3, 0.4) is 0 Å². The molecular formula is C36H38N2O7. The minimum absolute atomic E-state index is 0.117. The number of rotatable bonds is 15. The summed E-state index contributed by atoms with van der Waals surface area (Å²) in [6, 6.07) is 27.4. The number of para-hydroxylation sites is 2. The van der Waals surface area contributed by atoms with Crippen molar-refractivity contribution < 1.29 is 33.3 Å². The summed E-state index contributed by atoms with van der Waals surface area (Å²) in [6.07, 6.45) is 2.19. The Kier molecular flexibility index (Phi) is 11.8. The van der Waals surface area contributed by atoms with Gasteiger partial charge in [-0.25, -0.2) is 0 Å². The van der Waals surface area contributed by atoms with Crippen LogP contribution in [0.1, 0.15) is 27.0 Å². The van der Waals surface area contributed by atoms with Crippen LogP contribution >= 0.6 is 0 Å². The molecule has 0 saturated carbocycles. The lowest BCUT2D eigenvalue weighted by Gasteiger charge is -2.13. The van der Waals surface area contributed by atoms with Crippen LogP contribution in [0.25, 0.3) is 6.08 Å². The van der Waals surface area contributed by atoms with Gasteiger partial charge in [0.15, 0.2) is 23.0 Å². The third-order valence-corrected chi connectivity index (χ3v) is 6.82. The van der Waals surface area contributed by atoms with Gasteiger partial charge in [-0.2, -0.15) is 0 Å². The molecule has 9 nitrogen and oxygen atoms in total. The minimum atomic E-state index is -0.412. The molecule has 4 rings (SSSR count). The summed E-state index contributed by atoms with van der Waals surface area (Å²) < 4.78 is 27.5. The van der Waals surface area contributed by atoms with Crippen LogP contribution in [0, 0.1) is 6.92 Å². The predicted molar refractivity (Wildman–Crippen MR) is 173 cm³/mol. The fourth-order valence-corrected chi connectivity index (χ4v) is 4.39. The second-order valence-electron chi connectivity index (χ2n) is 9.99. The zero-order valence-electron chi connectivity index (χ0n) is 25.9. The highest BCUT2D eigenvalue weighted by atomic mass is 16.5. The maximum Gasteiger partial charge on any atom is 0.267 e. The van der Waals surface area contributed by atoms with E-state index in [2.05, 4.69) is 10.6 Å². The average Bonchev–Trinajstić information content (AvgIpc) is 3.07. The second kappa shape index (κ2) is 16.4. The van der Waals surface area contributed by atoms with Crippen molar-refractivity contribution in [2.45, 2.75) is 13.3 Å². The summed E-state index contributed by atoms with van der Waals surface area (Å²) in [5, 5.41) is 5.69. The molecule has 0 aromatic heterocycles. The Balaban J connectivity index is 1.40. The smallest absolute Gasteiger partial charge is 0.267 e. The second-order valence-corrected chi connectivity index (χ2v) is 9.99. The Morgan fingerprint density at radius 1 is 0.711 bits per heavy atom. The maximum atomic E-state index is 13.3. The van der Waals surface area contributed by atoms with Crippen LogP contribution < -0.4 is 34.3 Å². The Morgan fingerprint density at radius 2 is 1.36 bits per heavy atom. The molecule has 2 N–H and O–H groups in total. The van der Waals surface area contributed by atoms with E-state index in [1.807, 2.05) is 73.7 Å². The van der Waals surface area contributed by atoms with Gasteiger partial charge in [-0.05, 0) is 79.1 Å². The Bertz CT molecular complexity index is 1600. The van der Waals surface area contributed by atoms with Crippen LogP contribution in [-0.4, -0.2) is 52.9 Å². The molecule has 9 heteroatoms. The molecule has 0 fully saturated rings. The van der Waals surface area contributed by atoms with Gasteiger partial charge in [0.05, 0.1) is 21.3 Å². The zero-order valence-corrected chi connectivity index (χ0v) is 25.9. The number of nitrogens with one attached hydrogen (secondary N) is 2. The van der Waals surface area contributed by atoms with Gasteiger partial charge in [-0.15, -0.1) is 0 Å². The van der Waals surface area contributed by atoms with Crippen molar-refractivity contribution in [3.63, 3.8) is 0 Å². The molecule has 0 spiro atoms. The van der Waals surface area contributed by atoms with Crippen LogP contribution in [0.2, 0.25) is 0 Å². The quantitative estimate of drug-likeness (QED) is 0.133. The van der Waals surface area contributed by atoms with Crippen molar-refractivity contribution in [3.8, 4) is 28.7 Å². The number of hydrogen-bond acceptors (Lipinski definition) is 7. The first-order valence-corrected chi connectivity index (χ1v) is 14.5. The van der Waals surface area contributed by atoms with Crippen LogP contribution in [0.5, 0.6) is 28.7 Å². The number of methoxy groups -OCH3 is 3. The fraction of sp³-hybridized carbons (Fsp3) is 0.222. The van der Waals surface area contributed by atoms with Crippen molar-refractivity contribution >= 4 is 17.9 Å². The Hall–Kier alpha value is -5.44. The molecule has 0 unspecified atom stereocenters. The van der Waals surface area contributed by atoms with Crippen molar-refractivity contribution in [3.05, 3.63) is 119 Å². The summed E-state index contributed by atoms with van der Waals surface area (Å²) in [7, 11) is 4.75. The van der Waals surface area contributed by atoms with Crippen LogP contribution in [0.15, 0.2) is 96.7 Å². The first kappa shape index (κ1) is 32.5. The Labute approximate surface area is 263 Å². The third-order valence-electron chi connectivity index (χ3n) is 6.82. The highest BCUT2D eigenvalue weighted by Crippen LogP contribution is 2.28. The van der Waals surface area contributed by atoms with E-state index in [0.717, 1.165) is 11.1 Å². The summed E-state index contributed by atoms with van der Waals surface area (Å²) in [5.41, 5.74) is 3.27. The number of amides is 2. The molecule has 0 heterocycles. The molecule has 0 aliphatic heterocycles. The van der Waals surface area contributed by atoms with Gasteiger partial charge in [0.2, 0.25) is 0 Å². The molecule has 234 valence electrons. The lowest BCUT2D eigenvalue weighted by molar-refractivity contribution is -0.117. The predicted octanol–water partition coefficient (Wildman–Crippen LogP) is 5.61. The standard InChI is InChI=1S/C36H38N2O7/c1-25-9-14-28(15-10-25)35(39)38-30(36(40)37-20-19-27-13-18-32(42-3)34(24-27)43-4)23-26-11-16-29(17-12-26)44-21-22-45-33-8-6-5-7-31(33)41-2/h5-18,23-24H,19-22H2,1-4H3,(H,37,40)(H,38,39)/b30-23+. The molecule has 0 aliphatic carbocycles. The van der Waals surface area contributed by atoms with Gasteiger partial charge < -0.3 is 34.3 Å². The fourth-order valence-electron chi connectivity index (χ4n) is 4.39. The number of hydrogen-bond donors (Lipinski definition) is 2. The van der Waals surface area contributed by atoms with Gasteiger partial charge in [0.25, 0.3) is 11.8 Å². The first-order valence-electron chi connectivity index (χ1n) is 14.5. The molecule has 0 atom stereocenters. The number of benzene rings is 4. The molecule has 45 heavy (non-hydrogen) atoms. The summed E-state index contributed by atoms with van der Waals surface area (Å²) in [4.78, 5) is 26.3. The number of ether oxygens (including phenoxy) is 5. The van der Waals surface area contributed by atoms with Gasteiger partial charge >= 0.3 is 0 Å².